The summed E-state index contributed by atoms with van der Waals surface area (Å²) in [6.45, 7) is -2.42. The van der Waals surface area contributed by atoms with Crippen LogP contribution < -0.4 is 10.1 Å². The molecule has 1 aromatic carbocycles. The van der Waals surface area contributed by atoms with E-state index in [1.807, 2.05) is 0 Å². The molecule has 1 aliphatic rings. The lowest BCUT2D eigenvalue weighted by Crippen LogP contribution is -2.36. The zero-order valence-corrected chi connectivity index (χ0v) is 13.4. The molecule has 1 amide bonds. The molecule has 2 rings (SSSR count). The van der Waals surface area contributed by atoms with Crippen molar-refractivity contribution >= 4 is 23.2 Å². The van der Waals surface area contributed by atoms with Gasteiger partial charge in [0.25, 0.3) is 0 Å². The first-order chi connectivity index (χ1) is 10.8. The first kappa shape index (κ1) is 17.9. The Bertz CT molecular complexity index is 556. The van der Waals surface area contributed by atoms with Crippen molar-refractivity contribution in [3.63, 3.8) is 0 Å². The van der Waals surface area contributed by atoms with Gasteiger partial charge in [0.2, 0.25) is 5.91 Å². The smallest absolute Gasteiger partial charge is 0.387 e. The minimum atomic E-state index is -2.96. The van der Waals surface area contributed by atoms with Gasteiger partial charge in [-0.15, -0.1) is 0 Å². The fourth-order valence-electron chi connectivity index (χ4n) is 2.23. The van der Waals surface area contributed by atoms with Crippen LogP contribution in [0.25, 0.3) is 0 Å². The first-order valence-electron chi connectivity index (χ1n) is 7.26. The molecule has 1 saturated carbocycles. The molecule has 0 radical (unpaired) electrons. The second-order valence-corrected chi connectivity index (χ2v) is 6.08. The van der Waals surface area contributed by atoms with E-state index in [1.54, 1.807) is 11.9 Å². The molecule has 1 aromatic rings. The van der Waals surface area contributed by atoms with Crippen LogP contribution in [0.15, 0.2) is 18.2 Å². The number of rotatable bonds is 8. The van der Waals surface area contributed by atoms with Gasteiger partial charge in [0, 0.05) is 12.2 Å². The zero-order valence-electron chi connectivity index (χ0n) is 12.6. The average molecular weight is 349 g/mol. The van der Waals surface area contributed by atoms with Crippen LogP contribution in [0.2, 0.25) is 5.02 Å². The van der Waals surface area contributed by atoms with Crippen LogP contribution in [0, 0.1) is 5.92 Å². The van der Waals surface area contributed by atoms with Gasteiger partial charge in [0.05, 0.1) is 17.7 Å². The maximum absolute atomic E-state index is 12.1. The summed E-state index contributed by atoms with van der Waals surface area (Å²) < 4.78 is 28.5. The van der Waals surface area contributed by atoms with Gasteiger partial charge in [-0.2, -0.15) is 8.78 Å². The van der Waals surface area contributed by atoms with Gasteiger partial charge in [0.1, 0.15) is 5.75 Å². The highest BCUT2D eigenvalue weighted by Crippen LogP contribution is 2.32. The van der Waals surface area contributed by atoms with Crippen molar-refractivity contribution in [3.05, 3.63) is 23.2 Å². The molecular weight excluding hydrogens is 330 g/mol. The van der Waals surface area contributed by atoms with Crippen LogP contribution in [0.3, 0.4) is 0 Å². The molecule has 0 aliphatic heterocycles. The predicted molar refractivity (Wildman–Crippen MR) is 82.9 cm³/mol. The first-order valence-corrected chi connectivity index (χ1v) is 7.63. The van der Waals surface area contributed by atoms with Crippen LogP contribution in [0.4, 0.5) is 14.5 Å². The van der Waals surface area contributed by atoms with Crippen LogP contribution in [0.5, 0.6) is 5.75 Å². The van der Waals surface area contributed by atoms with Crippen molar-refractivity contribution < 1.29 is 23.4 Å². The molecule has 23 heavy (non-hydrogen) atoms. The number of ether oxygens (including phenoxy) is 1. The number of aliphatic hydroxyl groups is 1. The van der Waals surface area contributed by atoms with E-state index in [0.29, 0.717) is 18.2 Å². The number of aliphatic hydroxyl groups excluding tert-OH is 1. The Kier molecular flexibility index (Phi) is 6.15. The van der Waals surface area contributed by atoms with Crippen LogP contribution >= 0.6 is 11.6 Å². The topological polar surface area (TPSA) is 61.8 Å². The van der Waals surface area contributed by atoms with E-state index in [0.717, 1.165) is 12.8 Å². The molecule has 1 atom stereocenters. The van der Waals surface area contributed by atoms with E-state index in [2.05, 4.69) is 10.1 Å². The van der Waals surface area contributed by atoms with Crippen LogP contribution in [-0.4, -0.2) is 48.8 Å². The van der Waals surface area contributed by atoms with Gasteiger partial charge in [-0.1, -0.05) is 11.6 Å². The normalized spacial score (nSPS) is 15.8. The fourth-order valence-corrected chi connectivity index (χ4v) is 2.45. The summed E-state index contributed by atoms with van der Waals surface area (Å²) in [5.41, 5.74) is 0.387. The van der Waals surface area contributed by atoms with Gasteiger partial charge in [-0.25, -0.2) is 0 Å². The molecule has 0 spiro atoms. The molecule has 0 bridgehead atoms. The van der Waals surface area contributed by atoms with E-state index in [1.165, 1.54) is 18.2 Å². The highest BCUT2D eigenvalue weighted by Gasteiger charge is 2.30. The molecule has 128 valence electrons. The highest BCUT2D eigenvalue weighted by molar-refractivity contribution is 6.32. The van der Waals surface area contributed by atoms with Crippen molar-refractivity contribution in [3.8, 4) is 5.75 Å². The van der Waals surface area contributed by atoms with Crippen molar-refractivity contribution in [2.45, 2.75) is 25.6 Å². The van der Waals surface area contributed by atoms with Gasteiger partial charge in [-0.05, 0) is 44.0 Å². The summed E-state index contributed by atoms with van der Waals surface area (Å²) in [7, 11) is 1.75. The number of carbonyl (C=O) groups excluding carboxylic acids is 1. The van der Waals surface area contributed by atoms with E-state index < -0.39 is 12.7 Å². The molecule has 8 heteroatoms. The van der Waals surface area contributed by atoms with Gasteiger partial charge in [0.15, 0.2) is 0 Å². The Morgan fingerprint density at radius 1 is 1.52 bits per heavy atom. The van der Waals surface area contributed by atoms with Crippen molar-refractivity contribution in [1.82, 2.24) is 4.90 Å². The summed E-state index contributed by atoms with van der Waals surface area (Å²) in [4.78, 5) is 13.7. The minimum absolute atomic E-state index is 0.0133. The molecule has 1 aliphatic carbocycles. The molecule has 0 heterocycles. The molecule has 5 nitrogen and oxygen atoms in total. The molecule has 0 saturated heterocycles. The SMILES string of the molecule is CN(CC(=O)Nc1ccc(OC(F)F)c(Cl)c1)CC(O)C1CC1. The van der Waals surface area contributed by atoms with E-state index >= 15 is 0 Å². The fraction of sp³-hybridized carbons (Fsp3) is 0.533. The number of amides is 1. The molecule has 2 N–H and O–H groups in total. The zero-order chi connectivity index (χ0) is 17.0. The summed E-state index contributed by atoms with van der Waals surface area (Å²) in [6, 6.07) is 4.04. The standard InChI is InChI=1S/C15H19ClF2N2O3/c1-20(7-12(21)9-2-3-9)8-14(22)19-10-4-5-13(11(16)6-10)23-15(17)18/h4-6,9,12,15,21H,2-3,7-8H2,1H3,(H,19,22). The number of benzene rings is 1. The Morgan fingerprint density at radius 2 is 2.22 bits per heavy atom. The summed E-state index contributed by atoms with van der Waals surface area (Å²) in [6.07, 6.45) is 1.66. The Hall–Kier alpha value is -1.44. The number of hydrogen-bond donors (Lipinski definition) is 2. The maximum atomic E-state index is 12.1. The summed E-state index contributed by atoms with van der Waals surface area (Å²) in [5, 5.41) is 12.4. The van der Waals surface area contributed by atoms with Crippen molar-refractivity contribution in [2.24, 2.45) is 5.92 Å². The quantitative estimate of drug-likeness (QED) is 0.758. The largest absolute Gasteiger partial charge is 0.433 e. The lowest BCUT2D eigenvalue weighted by atomic mass is 10.2. The number of likely N-dealkylation sites (N-methyl/N-ethyl adjacent to an activating group) is 1. The third-order valence-corrected chi connectivity index (χ3v) is 3.81. The highest BCUT2D eigenvalue weighted by atomic mass is 35.5. The lowest BCUT2D eigenvalue weighted by molar-refractivity contribution is -0.117. The average Bonchev–Trinajstić information content (AvgIpc) is 3.25. The Morgan fingerprint density at radius 3 is 2.78 bits per heavy atom. The number of nitrogens with one attached hydrogen (secondary N) is 1. The van der Waals surface area contributed by atoms with Crippen LogP contribution in [0.1, 0.15) is 12.8 Å². The number of carbonyl (C=O) groups is 1. The van der Waals surface area contributed by atoms with E-state index in [-0.39, 0.29) is 23.2 Å². The lowest BCUT2D eigenvalue weighted by Gasteiger charge is -2.20. The molecule has 1 unspecified atom stereocenters. The Balaban J connectivity index is 1.83. The predicted octanol–water partition coefficient (Wildman–Crippen LogP) is 2.58. The van der Waals surface area contributed by atoms with Gasteiger partial charge >= 0.3 is 6.61 Å². The van der Waals surface area contributed by atoms with Crippen molar-refractivity contribution in [1.29, 1.82) is 0 Å². The third kappa shape index (κ3) is 5.93. The number of hydrogen-bond acceptors (Lipinski definition) is 4. The number of anilines is 1. The van der Waals surface area contributed by atoms with Crippen LogP contribution in [-0.2, 0) is 4.79 Å². The minimum Gasteiger partial charge on any atom is -0.433 e. The summed E-state index contributed by atoms with van der Waals surface area (Å²) in [5.74, 6) is -0.0832. The van der Waals surface area contributed by atoms with E-state index in [4.69, 9.17) is 11.6 Å². The number of halogens is 3. The second kappa shape index (κ2) is 7.90. The third-order valence-electron chi connectivity index (χ3n) is 3.51. The maximum Gasteiger partial charge on any atom is 0.387 e. The number of nitrogens with zero attached hydrogens (tertiary/aromatic N) is 1. The summed E-state index contributed by atoms with van der Waals surface area (Å²) >= 11 is 5.82. The van der Waals surface area contributed by atoms with E-state index in [9.17, 15) is 18.7 Å². The molecular formula is C15H19ClF2N2O3. The molecule has 0 aromatic heterocycles. The monoisotopic (exact) mass is 348 g/mol. The van der Waals surface area contributed by atoms with Gasteiger partial charge < -0.3 is 15.2 Å². The van der Waals surface area contributed by atoms with Crippen molar-refractivity contribution in [2.75, 3.05) is 25.5 Å². The Labute approximate surface area is 138 Å². The van der Waals surface area contributed by atoms with Gasteiger partial charge in [-0.3, -0.25) is 9.69 Å². The second-order valence-electron chi connectivity index (χ2n) is 5.67. The number of alkyl halides is 2. The molecule has 1 fully saturated rings.